The molecule has 1 N–H and O–H groups in total. The van der Waals surface area contributed by atoms with Crippen LogP contribution in [0.4, 0.5) is 5.69 Å². The number of aryl methyl sites for hydroxylation is 2. The highest BCUT2D eigenvalue weighted by Gasteiger charge is 2.26. The maximum atomic E-state index is 13.2. The van der Waals surface area contributed by atoms with Gasteiger partial charge in [-0.05, 0) is 68.0 Å². The van der Waals surface area contributed by atoms with Crippen LogP contribution in [0, 0.1) is 25.2 Å². The molecule has 3 aromatic rings. The quantitative estimate of drug-likeness (QED) is 0.610. The van der Waals surface area contributed by atoms with Gasteiger partial charge in [0.1, 0.15) is 4.90 Å². The first-order valence-electron chi connectivity index (χ1n) is 10.6. The van der Waals surface area contributed by atoms with E-state index in [4.69, 9.17) is 9.78 Å². The predicted molar refractivity (Wildman–Crippen MR) is 122 cm³/mol. The number of likely N-dealkylation sites (tertiary alicyclic amines) is 1. The maximum absolute atomic E-state index is 13.2. The number of hydrogen-bond donors (Lipinski definition) is 1. The van der Waals surface area contributed by atoms with Crippen molar-refractivity contribution in [2.45, 2.75) is 37.5 Å². The van der Waals surface area contributed by atoms with Gasteiger partial charge in [0.05, 0.1) is 17.8 Å². The van der Waals surface area contributed by atoms with E-state index in [9.17, 15) is 13.2 Å². The first-order chi connectivity index (χ1) is 15.8. The molecule has 8 nitrogen and oxygen atoms in total. The molecule has 33 heavy (non-hydrogen) atoms. The third-order valence-electron chi connectivity index (χ3n) is 6.01. The van der Waals surface area contributed by atoms with Crippen LogP contribution in [-0.4, -0.2) is 37.5 Å². The maximum Gasteiger partial charge on any atom is 0.267 e. The van der Waals surface area contributed by atoms with E-state index in [1.807, 2.05) is 36.1 Å². The van der Waals surface area contributed by atoms with Crippen molar-refractivity contribution >= 4 is 21.6 Å². The number of nitrogens with zero attached hydrogens (tertiary/aromatic N) is 3. The SMILES string of the molecule is Cc1ccc(NS(=O)(=O)c2cnoc2C)cc1C(=O)N1CCC(c2ccc(C#N)cc2)CC1. The molecule has 2 heterocycles. The van der Waals surface area contributed by atoms with Gasteiger partial charge in [-0.2, -0.15) is 5.26 Å². The fraction of sp³-hybridized carbons (Fsp3) is 0.292. The fourth-order valence-corrected chi connectivity index (χ4v) is 5.23. The lowest BCUT2D eigenvalue weighted by Crippen LogP contribution is -2.38. The third kappa shape index (κ3) is 4.76. The van der Waals surface area contributed by atoms with Crippen molar-refractivity contribution in [2.24, 2.45) is 0 Å². The predicted octanol–water partition coefficient (Wildman–Crippen LogP) is 3.98. The van der Waals surface area contributed by atoms with E-state index in [0.717, 1.165) is 24.6 Å². The molecule has 1 amide bonds. The van der Waals surface area contributed by atoms with Crippen LogP contribution in [-0.2, 0) is 10.0 Å². The Bertz CT molecular complexity index is 1320. The number of carbonyl (C=O) groups excluding carboxylic acids is 1. The molecule has 9 heteroatoms. The molecule has 0 radical (unpaired) electrons. The zero-order valence-electron chi connectivity index (χ0n) is 18.4. The summed E-state index contributed by atoms with van der Waals surface area (Å²) >= 11 is 0. The van der Waals surface area contributed by atoms with E-state index in [0.29, 0.717) is 35.8 Å². The van der Waals surface area contributed by atoms with Crippen molar-refractivity contribution < 1.29 is 17.7 Å². The van der Waals surface area contributed by atoms with Crippen LogP contribution in [0.15, 0.2) is 58.1 Å². The summed E-state index contributed by atoms with van der Waals surface area (Å²) in [5, 5.41) is 12.5. The average Bonchev–Trinajstić information content (AvgIpc) is 3.27. The topological polar surface area (TPSA) is 116 Å². The Hall–Kier alpha value is -3.64. The van der Waals surface area contributed by atoms with Crippen LogP contribution in [0.1, 0.15) is 51.6 Å². The lowest BCUT2D eigenvalue weighted by Gasteiger charge is -2.32. The molecule has 1 saturated heterocycles. The summed E-state index contributed by atoms with van der Waals surface area (Å²) in [5.74, 6) is 0.414. The monoisotopic (exact) mass is 464 g/mol. The summed E-state index contributed by atoms with van der Waals surface area (Å²) in [4.78, 5) is 15.0. The van der Waals surface area contributed by atoms with Gasteiger partial charge in [-0.1, -0.05) is 23.4 Å². The van der Waals surface area contributed by atoms with E-state index in [1.54, 1.807) is 18.2 Å². The average molecular weight is 465 g/mol. The molecule has 0 spiro atoms. The van der Waals surface area contributed by atoms with E-state index in [1.165, 1.54) is 12.5 Å². The molecule has 1 aliphatic heterocycles. The Morgan fingerprint density at radius 3 is 2.45 bits per heavy atom. The number of benzene rings is 2. The Balaban J connectivity index is 1.46. The molecule has 1 fully saturated rings. The van der Waals surface area contributed by atoms with E-state index < -0.39 is 10.0 Å². The fourth-order valence-electron chi connectivity index (χ4n) is 4.09. The summed E-state index contributed by atoms with van der Waals surface area (Å²) in [6, 6.07) is 14.7. The minimum absolute atomic E-state index is 0.0409. The number of rotatable bonds is 5. The first kappa shape index (κ1) is 22.6. The lowest BCUT2D eigenvalue weighted by molar-refractivity contribution is 0.0712. The van der Waals surface area contributed by atoms with Crippen LogP contribution < -0.4 is 4.72 Å². The molecule has 2 aromatic carbocycles. The molecule has 0 unspecified atom stereocenters. The zero-order chi connectivity index (χ0) is 23.6. The lowest BCUT2D eigenvalue weighted by atomic mass is 9.88. The minimum atomic E-state index is -3.88. The third-order valence-corrected chi connectivity index (χ3v) is 7.49. The van der Waals surface area contributed by atoms with Crippen LogP contribution in [0.25, 0.3) is 0 Å². The van der Waals surface area contributed by atoms with Crippen LogP contribution in [0.3, 0.4) is 0 Å². The Morgan fingerprint density at radius 1 is 1.15 bits per heavy atom. The highest BCUT2D eigenvalue weighted by molar-refractivity contribution is 7.92. The van der Waals surface area contributed by atoms with Crippen molar-refractivity contribution in [3.05, 3.63) is 76.7 Å². The zero-order valence-corrected chi connectivity index (χ0v) is 19.2. The van der Waals surface area contributed by atoms with Gasteiger partial charge in [-0.3, -0.25) is 9.52 Å². The highest BCUT2D eigenvalue weighted by atomic mass is 32.2. The van der Waals surface area contributed by atoms with Gasteiger partial charge >= 0.3 is 0 Å². The summed E-state index contributed by atoms with van der Waals surface area (Å²) in [6.07, 6.45) is 2.81. The molecule has 1 aromatic heterocycles. The second-order valence-electron chi connectivity index (χ2n) is 8.18. The second kappa shape index (κ2) is 9.08. The van der Waals surface area contributed by atoms with E-state index >= 15 is 0 Å². The molecule has 170 valence electrons. The van der Waals surface area contributed by atoms with Crippen LogP contribution in [0.2, 0.25) is 0 Å². The number of carbonyl (C=O) groups is 1. The van der Waals surface area contributed by atoms with Crippen LogP contribution >= 0.6 is 0 Å². The Morgan fingerprint density at radius 2 is 1.85 bits per heavy atom. The number of piperidine rings is 1. The summed E-state index contributed by atoms with van der Waals surface area (Å²) in [5.41, 5.74) is 3.36. The second-order valence-corrected chi connectivity index (χ2v) is 9.83. The number of sulfonamides is 1. The van der Waals surface area contributed by atoms with Crippen molar-refractivity contribution in [3.63, 3.8) is 0 Å². The molecule has 0 saturated carbocycles. The number of hydrogen-bond acceptors (Lipinski definition) is 6. The highest BCUT2D eigenvalue weighted by Crippen LogP contribution is 2.30. The smallest absolute Gasteiger partial charge is 0.267 e. The van der Waals surface area contributed by atoms with Gasteiger partial charge in [0, 0.05) is 24.3 Å². The Labute approximate surface area is 192 Å². The number of anilines is 1. The number of nitriles is 1. The van der Waals surface area contributed by atoms with E-state index in [2.05, 4.69) is 15.9 Å². The molecule has 0 bridgehead atoms. The van der Waals surface area contributed by atoms with Gasteiger partial charge in [-0.25, -0.2) is 8.42 Å². The number of amides is 1. The molecule has 0 atom stereocenters. The normalized spacial score (nSPS) is 14.6. The summed E-state index contributed by atoms with van der Waals surface area (Å²) in [6.45, 7) is 4.57. The minimum Gasteiger partial charge on any atom is -0.360 e. The van der Waals surface area contributed by atoms with Crippen molar-refractivity contribution in [1.82, 2.24) is 10.1 Å². The molecule has 0 aliphatic carbocycles. The molecule has 4 rings (SSSR count). The summed E-state index contributed by atoms with van der Waals surface area (Å²) in [7, 11) is -3.88. The van der Waals surface area contributed by atoms with Gasteiger partial charge < -0.3 is 9.42 Å². The Kier molecular flexibility index (Phi) is 6.20. The molecular weight excluding hydrogens is 440 g/mol. The largest absolute Gasteiger partial charge is 0.360 e. The van der Waals surface area contributed by atoms with E-state index in [-0.39, 0.29) is 16.6 Å². The van der Waals surface area contributed by atoms with Crippen molar-refractivity contribution in [2.75, 3.05) is 17.8 Å². The summed E-state index contributed by atoms with van der Waals surface area (Å²) < 4.78 is 32.6. The molecular formula is C24H24N4O4S. The standard InChI is InChI=1S/C24H24N4O4S/c1-16-3-8-21(27-33(30,31)23-15-26-32-17(23)2)13-22(16)24(29)28-11-9-20(10-12-28)19-6-4-18(14-25)5-7-19/h3-8,13,15,20,27H,9-12H2,1-2H3. The van der Waals surface area contributed by atoms with Gasteiger partial charge in [0.2, 0.25) is 0 Å². The van der Waals surface area contributed by atoms with Crippen molar-refractivity contribution in [3.8, 4) is 6.07 Å². The number of aromatic nitrogens is 1. The van der Waals surface area contributed by atoms with Gasteiger partial charge in [-0.15, -0.1) is 0 Å². The number of nitrogens with one attached hydrogen (secondary N) is 1. The van der Waals surface area contributed by atoms with Crippen molar-refractivity contribution in [1.29, 1.82) is 5.26 Å². The first-order valence-corrected chi connectivity index (χ1v) is 12.1. The van der Waals surface area contributed by atoms with Gasteiger partial charge in [0.15, 0.2) is 5.76 Å². The van der Waals surface area contributed by atoms with Gasteiger partial charge in [0.25, 0.3) is 15.9 Å². The molecule has 1 aliphatic rings. The van der Waals surface area contributed by atoms with Crippen LogP contribution in [0.5, 0.6) is 0 Å².